The van der Waals surface area contributed by atoms with E-state index in [0.29, 0.717) is 20.7 Å². The predicted molar refractivity (Wildman–Crippen MR) is 109 cm³/mol. The molecule has 0 aliphatic heterocycles. The third-order valence-electron chi connectivity index (χ3n) is 4.53. The summed E-state index contributed by atoms with van der Waals surface area (Å²) in [7, 11) is 0. The van der Waals surface area contributed by atoms with E-state index >= 15 is 0 Å². The molecule has 31 heavy (non-hydrogen) atoms. The van der Waals surface area contributed by atoms with Gasteiger partial charge in [-0.15, -0.1) is 0 Å². The SMILES string of the molecule is CC(C)n1ncc2cc(NC(=O)c3cnn(-c4ccc(Cl)cc4)c3C(F)(F)F)cnc21. The van der Waals surface area contributed by atoms with Gasteiger partial charge in [0, 0.05) is 16.5 Å². The van der Waals surface area contributed by atoms with E-state index in [4.69, 9.17) is 11.6 Å². The molecule has 0 saturated heterocycles. The van der Waals surface area contributed by atoms with Crippen molar-refractivity contribution in [2.24, 2.45) is 0 Å². The Bertz CT molecular complexity index is 1260. The zero-order chi connectivity index (χ0) is 22.3. The molecule has 3 aromatic heterocycles. The van der Waals surface area contributed by atoms with Gasteiger partial charge in [-0.1, -0.05) is 11.6 Å². The number of hydrogen-bond donors (Lipinski definition) is 1. The van der Waals surface area contributed by atoms with Gasteiger partial charge in [0.05, 0.1) is 35.5 Å². The van der Waals surface area contributed by atoms with Gasteiger partial charge in [0.1, 0.15) is 0 Å². The average Bonchev–Trinajstić information content (AvgIpc) is 3.32. The second-order valence-electron chi connectivity index (χ2n) is 7.07. The molecule has 0 saturated carbocycles. The summed E-state index contributed by atoms with van der Waals surface area (Å²) in [6.07, 6.45) is -0.978. The number of nitrogens with zero attached hydrogens (tertiary/aromatic N) is 5. The van der Waals surface area contributed by atoms with Gasteiger partial charge in [-0.25, -0.2) is 14.3 Å². The summed E-state index contributed by atoms with van der Waals surface area (Å²) in [6, 6.07) is 7.34. The van der Waals surface area contributed by atoms with Crippen molar-refractivity contribution in [1.82, 2.24) is 24.5 Å². The van der Waals surface area contributed by atoms with Crippen LogP contribution in [0.3, 0.4) is 0 Å². The number of benzene rings is 1. The lowest BCUT2D eigenvalue weighted by molar-refractivity contribution is -0.143. The van der Waals surface area contributed by atoms with Gasteiger partial charge < -0.3 is 5.32 Å². The second-order valence-corrected chi connectivity index (χ2v) is 7.50. The van der Waals surface area contributed by atoms with Gasteiger partial charge >= 0.3 is 6.18 Å². The molecule has 1 aromatic carbocycles. The highest BCUT2D eigenvalue weighted by Crippen LogP contribution is 2.34. The van der Waals surface area contributed by atoms with Crippen molar-refractivity contribution in [3.8, 4) is 5.69 Å². The van der Waals surface area contributed by atoms with E-state index < -0.39 is 23.3 Å². The van der Waals surface area contributed by atoms with Crippen molar-refractivity contribution in [3.63, 3.8) is 0 Å². The van der Waals surface area contributed by atoms with Crippen molar-refractivity contribution >= 4 is 34.2 Å². The van der Waals surface area contributed by atoms with E-state index in [9.17, 15) is 18.0 Å². The Labute approximate surface area is 179 Å². The normalized spacial score (nSPS) is 12.0. The maximum Gasteiger partial charge on any atom is 0.434 e. The smallest absolute Gasteiger partial charge is 0.320 e. The minimum absolute atomic E-state index is 0.0819. The fourth-order valence-corrected chi connectivity index (χ4v) is 3.28. The summed E-state index contributed by atoms with van der Waals surface area (Å²) in [6.45, 7) is 3.89. The number of fused-ring (bicyclic) bond motifs is 1. The largest absolute Gasteiger partial charge is 0.434 e. The van der Waals surface area contributed by atoms with Crippen LogP contribution in [-0.2, 0) is 6.18 Å². The Morgan fingerprint density at radius 3 is 2.45 bits per heavy atom. The zero-order valence-electron chi connectivity index (χ0n) is 16.4. The van der Waals surface area contributed by atoms with Crippen LogP contribution in [0, 0.1) is 0 Å². The molecule has 0 fully saturated rings. The molecule has 0 radical (unpaired) electrons. The van der Waals surface area contributed by atoms with Crippen molar-refractivity contribution < 1.29 is 18.0 Å². The molecule has 1 N–H and O–H groups in total. The summed E-state index contributed by atoms with van der Waals surface area (Å²) >= 11 is 5.81. The zero-order valence-corrected chi connectivity index (χ0v) is 17.1. The number of amides is 1. The molecule has 0 bridgehead atoms. The van der Waals surface area contributed by atoms with Gasteiger partial charge in [0.15, 0.2) is 11.3 Å². The molecule has 11 heteroatoms. The number of anilines is 1. The van der Waals surface area contributed by atoms with E-state index in [1.54, 1.807) is 16.9 Å². The van der Waals surface area contributed by atoms with Crippen LogP contribution < -0.4 is 5.32 Å². The first kappa shape index (κ1) is 20.9. The van der Waals surface area contributed by atoms with Crippen molar-refractivity contribution in [3.05, 3.63) is 65.2 Å². The fourth-order valence-electron chi connectivity index (χ4n) is 3.15. The molecule has 4 aromatic rings. The highest BCUT2D eigenvalue weighted by atomic mass is 35.5. The summed E-state index contributed by atoms with van der Waals surface area (Å²) in [5, 5.41) is 11.5. The lowest BCUT2D eigenvalue weighted by atomic mass is 10.2. The van der Waals surface area contributed by atoms with Crippen LogP contribution in [0.15, 0.2) is 48.9 Å². The van der Waals surface area contributed by atoms with E-state index in [0.717, 1.165) is 6.20 Å². The third kappa shape index (κ3) is 3.98. The van der Waals surface area contributed by atoms with Gasteiger partial charge in [-0.3, -0.25) is 4.79 Å². The van der Waals surface area contributed by atoms with Gasteiger partial charge in [-0.2, -0.15) is 23.4 Å². The Morgan fingerprint density at radius 1 is 1.10 bits per heavy atom. The third-order valence-corrected chi connectivity index (χ3v) is 4.79. The molecule has 1 amide bonds. The quantitative estimate of drug-likeness (QED) is 0.470. The van der Waals surface area contributed by atoms with Gasteiger partial charge in [0.2, 0.25) is 0 Å². The van der Waals surface area contributed by atoms with Crippen LogP contribution in [0.4, 0.5) is 18.9 Å². The molecular weight excluding hydrogens is 433 g/mol. The van der Waals surface area contributed by atoms with Crippen LogP contribution in [0.25, 0.3) is 16.7 Å². The van der Waals surface area contributed by atoms with E-state index in [1.165, 1.54) is 30.5 Å². The first-order valence-electron chi connectivity index (χ1n) is 9.21. The molecule has 160 valence electrons. The fraction of sp³-hybridized carbons (Fsp3) is 0.200. The van der Waals surface area contributed by atoms with Crippen LogP contribution in [0.1, 0.15) is 35.9 Å². The Morgan fingerprint density at radius 2 is 1.81 bits per heavy atom. The second kappa shape index (κ2) is 7.69. The number of halogens is 4. The summed E-state index contributed by atoms with van der Waals surface area (Å²) < 4.78 is 43.8. The molecule has 7 nitrogen and oxygen atoms in total. The topological polar surface area (TPSA) is 77.6 Å². The summed E-state index contributed by atoms with van der Waals surface area (Å²) in [5.41, 5.74) is -0.818. The molecule has 4 rings (SSSR count). The Balaban J connectivity index is 1.69. The first-order valence-corrected chi connectivity index (χ1v) is 9.58. The number of rotatable bonds is 4. The molecule has 0 aliphatic rings. The Hall–Kier alpha value is -3.40. The molecule has 0 aliphatic carbocycles. The lowest BCUT2D eigenvalue weighted by Crippen LogP contribution is -2.20. The molecule has 0 spiro atoms. The van der Waals surface area contributed by atoms with Gasteiger partial charge in [0.25, 0.3) is 5.91 Å². The van der Waals surface area contributed by atoms with Crippen molar-refractivity contribution in [1.29, 1.82) is 0 Å². The number of carbonyl (C=O) groups excluding carboxylic acids is 1. The predicted octanol–water partition coefficient (Wildman–Crippen LogP) is 5.12. The van der Waals surface area contributed by atoms with Crippen LogP contribution in [-0.4, -0.2) is 30.5 Å². The van der Waals surface area contributed by atoms with E-state index in [2.05, 4.69) is 20.5 Å². The molecule has 0 unspecified atom stereocenters. The first-order chi connectivity index (χ1) is 14.6. The van der Waals surface area contributed by atoms with E-state index in [1.807, 2.05) is 13.8 Å². The number of alkyl halides is 3. The number of hydrogen-bond acceptors (Lipinski definition) is 4. The minimum Gasteiger partial charge on any atom is -0.320 e. The van der Waals surface area contributed by atoms with Crippen molar-refractivity contribution in [2.45, 2.75) is 26.1 Å². The maximum absolute atomic E-state index is 13.8. The number of aromatic nitrogens is 5. The molecule has 0 atom stereocenters. The van der Waals surface area contributed by atoms with Crippen LogP contribution in [0.2, 0.25) is 5.02 Å². The minimum atomic E-state index is -4.82. The molecular formula is C20H16ClF3N6O. The number of carbonyl (C=O) groups is 1. The van der Waals surface area contributed by atoms with E-state index in [-0.39, 0.29) is 17.4 Å². The number of nitrogens with one attached hydrogen (secondary N) is 1. The average molecular weight is 449 g/mol. The summed E-state index contributed by atoms with van der Waals surface area (Å²) in [4.78, 5) is 17.0. The van der Waals surface area contributed by atoms with Crippen LogP contribution in [0.5, 0.6) is 0 Å². The Kier molecular flexibility index (Phi) is 5.18. The highest BCUT2D eigenvalue weighted by molar-refractivity contribution is 6.30. The van der Waals surface area contributed by atoms with Gasteiger partial charge in [-0.05, 0) is 44.2 Å². The standard InChI is InChI=1S/C20H16ClF3N6O/c1-11(2)29-18-12(8-26-29)7-14(9-25-18)28-19(31)16-10-27-30(17(16)20(22,23)24)15-5-3-13(21)4-6-15/h3-11H,1-2H3,(H,28,31). The van der Waals surface area contributed by atoms with Crippen LogP contribution >= 0.6 is 11.6 Å². The molecule has 3 heterocycles. The number of pyridine rings is 1. The monoisotopic (exact) mass is 448 g/mol. The lowest BCUT2D eigenvalue weighted by Gasteiger charge is -2.13. The highest BCUT2D eigenvalue weighted by Gasteiger charge is 2.40. The van der Waals surface area contributed by atoms with Crippen molar-refractivity contribution in [2.75, 3.05) is 5.32 Å². The maximum atomic E-state index is 13.8. The summed E-state index contributed by atoms with van der Waals surface area (Å²) in [5.74, 6) is -0.954.